The first kappa shape index (κ1) is 18.1. The lowest BCUT2D eigenvalue weighted by Crippen LogP contribution is -2.41. The number of benzene rings is 2. The highest BCUT2D eigenvalue weighted by molar-refractivity contribution is 7.94. The van der Waals surface area contributed by atoms with E-state index in [0.717, 1.165) is 5.56 Å². The molecule has 8 heteroatoms. The molecular formula is C18H21N3O4S. The second kappa shape index (κ2) is 7.25. The van der Waals surface area contributed by atoms with Gasteiger partial charge in [-0.2, -0.15) is 8.42 Å². The lowest BCUT2D eigenvalue weighted by molar-refractivity contribution is -0.123. The van der Waals surface area contributed by atoms with Gasteiger partial charge in [0.15, 0.2) is 6.61 Å². The zero-order valence-corrected chi connectivity index (χ0v) is 15.5. The third-order valence-electron chi connectivity index (χ3n) is 4.20. The van der Waals surface area contributed by atoms with Crippen molar-refractivity contribution in [2.45, 2.75) is 6.92 Å². The van der Waals surface area contributed by atoms with Crippen LogP contribution in [0.3, 0.4) is 0 Å². The summed E-state index contributed by atoms with van der Waals surface area (Å²) in [7, 11) is -2.08. The molecular weight excluding hydrogens is 354 g/mol. The fraction of sp³-hybridized carbons (Fsp3) is 0.278. The van der Waals surface area contributed by atoms with E-state index in [1.807, 2.05) is 25.1 Å². The molecule has 138 valence electrons. The Morgan fingerprint density at radius 2 is 1.73 bits per heavy atom. The summed E-state index contributed by atoms with van der Waals surface area (Å²) in [6, 6.07) is 14.5. The number of hydrogen-bond donors (Lipinski definition) is 1. The van der Waals surface area contributed by atoms with Gasteiger partial charge in [-0.15, -0.1) is 0 Å². The van der Waals surface area contributed by atoms with Crippen LogP contribution >= 0.6 is 0 Å². The van der Waals surface area contributed by atoms with Crippen molar-refractivity contribution in [3.05, 3.63) is 54.1 Å². The molecule has 0 unspecified atom stereocenters. The largest absolute Gasteiger partial charge is 0.484 e. The van der Waals surface area contributed by atoms with Gasteiger partial charge in [0.1, 0.15) is 5.75 Å². The van der Waals surface area contributed by atoms with Crippen LogP contribution in [0.5, 0.6) is 5.75 Å². The van der Waals surface area contributed by atoms with Crippen LogP contribution in [0.2, 0.25) is 0 Å². The van der Waals surface area contributed by atoms with Gasteiger partial charge in [0.05, 0.1) is 17.9 Å². The van der Waals surface area contributed by atoms with Crippen molar-refractivity contribution in [3.8, 4) is 5.75 Å². The highest BCUT2D eigenvalue weighted by atomic mass is 32.2. The zero-order chi connectivity index (χ0) is 18.7. The summed E-state index contributed by atoms with van der Waals surface area (Å²) in [4.78, 5) is 12.0. The molecule has 0 radical (unpaired) electrons. The fourth-order valence-corrected chi connectivity index (χ4v) is 4.21. The van der Waals surface area contributed by atoms with Gasteiger partial charge in [0.25, 0.3) is 5.91 Å². The van der Waals surface area contributed by atoms with E-state index in [1.165, 1.54) is 15.7 Å². The molecule has 1 aliphatic heterocycles. The van der Waals surface area contributed by atoms with E-state index in [9.17, 15) is 13.2 Å². The molecule has 1 aliphatic rings. The van der Waals surface area contributed by atoms with Crippen LogP contribution in [0.15, 0.2) is 48.5 Å². The smallest absolute Gasteiger partial charge is 0.326 e. The molecule has 3 rings (SSSR count). The number of nitrogens with one attached hydrogen (secondary N) is 1. The Morgan fingerprint density at radius 3 is 2.46 bits per heavy atom. The molecule has 0 aromatic heterocycles. The number of nitrogens with zero attached hydrogens (tertiary/aromatic N) is 2. The SMILES string of the molecule is Cc1ccccc1OCC(=O)NCCN1c2ccccc2N(C)S1(=O)=O. The lowest BCUT2D eigenvalue weighted by Gasteiger charge is -2.19. The van der Waals surface area contributed by atoms with E-state index < -0.39 is 10.2 Å². The quantitative estimate of drug-likeness (QED) is 0.833. The van der Waals surface area contributed by atoms with E-state index >= 15 is 0 Å². The van der Waals surface area contributed by atoms with Crippen LogP contribution in [0.25, 0.3) is 0 Å². The van der Waals surface area contributed by atoms with E-state index in [1.54, 1.807) is 30.3 Å². The highest BCUT2D eigenvalue weighted by Crippen LogP contribution is 2.38. The number of para-hydroxylation sites is 3. The lowest BCUT2D eigenvalue weighted by atomic mass is 10.2. The minimum absolute atomic E-state index is 0.117. The van der Waals surface area contributed by atoms with Gasteiger partial charge in [-0.1, -0.05) is 30.3 Å². The summed E-state index contributed by atoms with van der Waals surface area (Å²) < 4.78 is 33.0. The number of aryl methyl sites for hydroxylation is 1. The molecule has 0 bridgehead atoms. The van der Waals surface area contributed by atoms with Crippen LogP contribution in [0.1, 0.15) is 5.56 Å². The molecule has 7 nitrogen and oxygen atoms in total. The van der Waals surface area contributed by atoms with Gasteiger partial charge in [-0.25, -0.2) is 4.31 Å². The molecule has 1 amide bonds. The molecule has 1 N–H and O–H groups in total. The Kier molecular flexibility index (Phi) is 5.03. The van der Waals surface area contributed by atoms with Gasteiger partial charge >= 0.3 is 10.2 Å². The first-order chi connectivity index (χ1) is 12.4. The third-order valence-corrected chi connectivity index (χ3v) is 6.03. The average molecular weight is 375 g/mol. The minimum Gasteiger partial charge on any atom is -0.484 e. The Labute approximate surface area is 153 Å². The first-order valence-electron chi connectivity index (χ1n) is 8.22. The van der Waals surface area contributed by atoms with Gasteiger partial charge in [-0.05, 0) is 30.7 Å². The number of carbonyl (C=O) groups excluding carboxylic acids is 1. The Balaban J connectivity index is 1.55. The monoisotopic (exact) mass is 375 g/mol. The summed E-state index contributed by atoms with van der Waals surface area (Å²) in [5, 5.41) is 2.69. The molecule has 0 saturated heterocycles. The second-order valence-electron chi connectivity index (χ2n) is 5.94. The van der Waals surface area contributed by atoms with Crippen molar-refractivity contribution in [1.29, 1.82) is 0 Å². The van der Waals surface area contributed by atoms with Crippen molar-refractivity contribution >= 4 is 27.5 Å². The van der Waals surface area contributed by atoms with Gasteiger partial charge in [-0.3, -0.25) is 9.10 Å². The Morgan fingerprint density at radius 1 is 1.08 bits per heavy atom. The summed E-state index contributed by atoms with van der Waals surface area (Å²) in [6.45, 7) is 2.13. The van der Waals surface area contributed by atoms with Crippen LogP contribution in [0.4, 0.5) is 11.4 Å². The molecule has 0 fully saturated rings. The summed E-state index contributed by atoms with van der Waals surface area (Å²) >= 11 is 0. The van der Waals surface area contributed by atoms with E-state index in [2.05, 4.69) is 5.32 Å². The topological polar surface area (TPSA) is 79.0 Å². The molecule has 0 aliphatic carbocycles. The maximum atomic E-state index is 12.5. The van der Waals surface area contributed by atoms with Gasteiger partial charge < -0.3 is 10.1 Å². The van der Waals surface area contributed by atoms with E-state index in [0.29, 0.717) is 17.1 Å². The number of anilines is 2. The highest BCUT2D eigenvalue weighted by Gasteiger charge is 2.37. The van der Waals surface area contributed by atoms with Crippen molar-refractivity contribution in [3.63, 3.8) is 0 Å². The van der Waals surface area contributed by atoms with E-state index in [4.69, 9.17) is 4.74 Å². The molecule has 26 heavy (non-hydrogen) atoms. The number of ether oxygens (including phenoxy) is 1. The summed E-state index contributed by atoms with van der Waals surface area (Å²) in [5.74, 6) is 0.354. The van der Waals surface area contributed by atoms with Gasteiger partial charge in [0.2, 0.25) is 0 Å². The molecule has 2 aromatic carbocycles. The molecule has 0 atom stereocenters. The Hall–Kier alpha value is -2.74. The molecule has 2 aromatic rings. The standard InChI is InChI=1S/C18H21N3O4S/c1-14-7-3-6-10-17(14)25-13-18(22)19-11-12-21-16-9-5-4-8-15(16)20(2)26(21,23)24/h3-10H,11-13H2,1-2H3,(H,19,22). The zero-order valence-electron chi connectivity index (χ0n) is 14.7. The summed E-state index contributed by atoms with van der Waals surface area (Å²) in [6.07, 6.45) is 0. The number of fused-ring (bicyclic) bond motifs is 1. The van der Waals surface area contributed by atoms with Crippen LogP contribution in [-0.2, 0) is 15.0 Å². The van der Waals surface area contributed by atoms with Crippen molar-refractivity contribution in [1.82, 2.24) is 5.32 Å². The van der Waals surface area contributed by atoms with Crippen LogP contribution in [-0.4, -0.2) is 41.1 Å². The van der Waals surface area contributed by atoms with E-state index in [-0.39, 0.29) is 25.6 Å². The molecule has 0 spiro atoms. The first-order valence-corrected chi connectivity index (χ1v) is 9.61. The van der Waals surface area contributed by atoms with Crippen LogP contribution < -0.4 is 18.7 Å². The third kappa shape index (κ3) is 3.45. The minimum atomic E-state index is -3.60. The maximum Gasteiger partial charge on any atom is 0.326 e. The Bertz CT molecular complexity index is 914. The number of hydrogen-bond acceptors (Lipinski definition) is 4. The fourth-order valence-electron chi connectivity index (χ4n) is 2.78. The van der Waals surface area contributed by atoms with Crippen molar-refractivity contribution in [2.24, 2.45) is 0 Å². The second-order valence-corrected chi connectivity index (χ2v) is 7.82. The molecule has 1 heterocycles. The predicted octanol–water partition coefficient (Wildman–Crippen LogP) is 1.69. The van der Waals surface area contributed by atoms with Crippen molar-refractivity contribution < 1.29 is 17.9 Å². The average Bonchev–Trinajstić information content (AvgIpc) is 2.82. The number of amides is 1. The number of rotatable bonds is 6. The normalized spacial score (nSPS) is 14.8. The summed E-state index contributed by atoms with van der Waals surface area (Å²) in [5.41, 5.74) is 2.19. The van der Waals surface area contributed by atoms with Crippen molar-refractivity contribution in [2.75, 3.05) is 35.4 Å². The maximum absolute atomic E-state index is 12.5. The number of carbonyl (C=O) groups is 1. The van der Waals surface area contributed by atoms with Crippen LogP contribution in [0, 0.1) is 6.92 Å². The molecule has 0 saturated carbocycles. The predicted molar refractivity (Wildman–Crippen MR) is 101 cm³/mol. The van der Waals surface area contributed by atoms with Gasteiger partial charge in [0, 0.05) is 13.6 Å².